The van der Waals surface area contributed by atoms with Gasteiger partial charge in [-0.3, -0.25) is 4.79 Å². The number of rotatable bonds is 5. The van der Waals surface area contributed by atoms with Crippen molar-refractivity contribution in [3.8, 4) is 0 Å². The second kappa shape index (κ2) is 8.35. The van der Waals surface area contributed by atoms with Crippen LogP contribution < -0.4 is 0 Å². The lowest BCUT2D eigenvalue weighted by molar-refractivity contribution is -0.166. The van der Waals surface area contributed by atoms with Gasteiger partial charge in [-0.05, 0) is 29.9 Å². The lowest BCUT2D eigenvalue weighted by atomic mass is 9.86. The number of likely N-dealkylation sites (tertiary alicyclic amines) is 1. The van der Waals surface area contributed by atoms with Gasteiger partial charge in [0.15, 0.2) is 6.61 Å². The normalized spacial score (nSPS) is 17.4. The highest BCUT2D eigenvalue weighted by molar-refractivity contribution is 5.88. The van der Waals surface area contributed by atoms with E-state index in [0.29, 0.717) is 30.1 Å². The lowest BCUT2D eigenvalue weighted by Crippen LogP contribution is -2.44. The quantitative estimate of drug-likeness (QED) is 0.825. The van der Waals surface area contributed by atoms with Crippen molar-refractivity contribution in [2.75, 3.05) is 19.7 Å². The number of nitrogens with zero attached hydrogens (tertiary/aromatic N) is 1. The predicted octanol–water partition coefficient (Wildman–Crippen LogP) is 2.72. The third kappa shape index (κ3) is 4.19. The van der Waals surface area contributed by atoms with Crippen LogP contribution in [0.15, 0.2) is 60.7 Å². The first-order valence-electron chi connectivity index (χ1n) is 9.30. The maximum absolute atomic E-state index is 12.9. The lowest BCUT2D eigenvalue weighted by Gasteiger charge is -2.31. The van der Waals surface area contributed by atoms with Gasteiger partial charge in [-0.25, -0.2) is 4.79 Å². The van der Waals surface area contributed by atoms with Crippen LogP contribution in [0.4, 0.5) is 0 Å². The molecule has 0 aliphatic carbocycles. The summed E-state index contributed by atoms with van der Waals surface area (Å²) in [5, 5.41) is 11.3. The summed E-state index contributed by atoms with van der Waals surface area (Å²) in [6.45, 7) is 3.10. The zero-order valence-electron chi connectivity index (χ0n) is 15.5. The third-order valence-corrected chi connectivity index (χ3v) is 5.01. The van der Waals surface area contributed by atoms with Crippen LogP contribution in [-0.2, 0) is 19.9 Å². The monoisotopic (exact) mass is 367 g/mol. The van der Waals surface area contributed by atoms with Crippen molar-refractivity contribution in [3.05, 3.63) is 71.8 Å². The van der Waals surface area contributed by atoms with Crippen LogP contribution in [-0.4, -0.2) is 41.6 Å². The molecule has 1 aliphatic heterocycles. The molecule has 0 saturated carbocycles. The molecule has 2 aromatic rings. The first-order chi connectivity index (χ1) is 13.0. The predicted molar refractivity (Wildman–Crippen MR) is 102 cm³/mol. The number of aliphatic hydroxyl groups is 1. The smallest absolute Gasteiger partial charge is 0.348 e. The maximum Gasteiger partial charge on any atom is 0.348 e. The fourth-order valence-corrected chi connectivity index (χ4v) is 3.50. The number of hydrogen-bond donors (Lipinski definition) is 1. The van der Waals surface area contributed by atoms with E-state index in [1.807, 2.05) is 0 Å². The van der Waals surface area contributed by atoms with Gasteiger partial charge in [-0.15, -0.1) is 0 Å². The molecule has 0 spiro atoms. The van der Waals surface area contributed by atoms with Gasteiger partial charge in [0.05, 0.1) is 0 Å². The molecule has 1 N–H and O–H groups in total. The van der Waals surface area contributed by atoms with Crippen molar-refractivity contribution in [3.63, 3.8) is 0 Å². The van der Waals surface area contributed by atoms with E-state index in [1.54, 1.807) is 65.6 Å². The molecule has 27 heavy (non-hydrogen) atoms. The van der Waals surface area contributed by atoms with Crippen LogP contribution in [0.25, 0.3) is 0 Å². The highest BCUT2D eigenvalue weighted by atomic mass is 16.6. The summed E-state index contributed by atoms with van der Waals surface area (Å²) in [5.74, 6) is -0.624. The molecule has 1 amide bonds. The zero-order chi connectivity index (χ0) is 19.3. The molecule has 1 saturated heterocycles. The minimum Gasteiger partial charge on any atom is -0.453 e. The van der Waals surface area contributed by atoms with Crippen molar-refractivity contribution in [1.82, 2.24) is 4.90 Å². The number of esters is 1. The molecule has 0 bridgehead atoms. The molecule has 142 valence electrons. The van der Waals surface area contributed by atoms with E-state index in [2.05, 4.69) is 6.92 Å². The Morgan fingerprint density at radius 1 is 1.07 bits per heavy atom. The first kappa shape index (κ1) is 19.1. The van der Waals surface area contributed by atoms with Crippen molar-refractivity contribution in [1.29, 1.82) is 0 Å². The van der Waals surface area contributed by atoms with Gasteiger partial charge < -0.3 is 14.7 Å². The number of carbonyl (C=O) groups is 2. The highest BCUT2D eigenvalue weighted by Crippen LogP contribution is 2.31. The number of carbonyl (C=O) groups excluding carboxylic acids is 2. The van der Waals surface area contributed by atoms with Gasteiger partial charge in [0.25, 0.3) is 5.91 Å². The zero-order valence-corrected chi connectivity index (χ0v) is 15.5. The van der Waals surface area contributed by atoms with E-state index in [-0.39, 0.29) is 12.5 Å². The van der Waals surface area contributed by atoms with Crippen LogP contribution in [0.2, 0.25) is 0 Å². The summed E-state index contributed by atoms with van der Waals surface area (Å²) in [6.07, 6.45) is 2.06. The molecule has 5 heteroatoms. The second-order valence-electron chi connectivity index (χ2n) is 7.11. The fraction of sp³-hybridized carbons (Fsp3) is 0.364. The Balaban J connectivity index is 1.77. The number of piperidine rings is 1. The molecule has 2 aromatic carbocycles. The molecule has 1 unspecified atom stereocenters. The molecule has 3 rings (SSSR count). The number of amides is 1. The molecule has 5 nitrogen and oxygen atoms in total. The second-order valence-corrected chi connectivity index (χ2v) is 7.11. The van der Waals surface area contributed by atoms with Crippen molar-refractivity contribution in [2.24, 2.45) is 5.92 Å². The first-order valence-corrected chi connectivity index (χ1v) is 9.30. The molecule has 0 aromatic heterocycles. The minimum absolute atomic E-state index is 0.224. The summed E-state index contributed by atoms with van der Waals surface area (Å²) in [7, 11) is 0. The van der Waals surface area contributed by atoms with Crippen LogP contribution in [0.5, 0.6) is 0 Å². The number of ether oxygens (including phenoxy) is 1. The van der Waals surface area contributed by atoms with Crippen LogP contribution in [0, 0.1) is 5.92 Å². The minimum atomic E-state index is -1.96. The van der Waals surface area contributed by atoms with E-state index in [1.165, 1.54) is 0 Å². The molecule has 1 heterocycles. The summed E-state index contributed by atoms with van der Waals surface area (Å²) < 4.78 is 5.29. The van der Waals surface area contributed by atoms with Gasteiger partial charge in [0.1, 0.15) is 0 Å². The summed E-state index contributed by atoms with van der Waals surface area (Å²) in [4.78, 5) is 27.0. The largest absolute Gasteiger partial charge is 0.453 e. The van der Waals surface area contributed by atoms with Gasteiger partial charge in [0, 0.05) is 13.1 Å². The molecule has 0 radical (unpaired) electrons. The highest BCUT2D eigenvalue weighted by Gasteiger charge is 2.42. The molecule has 1 fully saturated rings. The van der Waals surface area contributed by atoms with E-state index < -0.39 is 11.6 Å². The van der Waals surface area contributed by atoms with Gasteiger partial charge in [0.2, 0.25) is 5.60 Å². The Hall–Kier alpha value is -2.66. The van der Waals surface area contributed by atoms with E-state index >= 15 is 0 Å². The molecular formula is C22H25NO4. The van der Waals surface area contributed by atoms with Gasteiger partial charge in [-0.2, -0.15) is 0 Å². The Morgan fingerprint density at radius 2 is 1.63 bits per heavy atom. The SMILES string of the molecule is CC1CCCN(C(=O)COC(=O)C(O)(c2ccccc2)c2ccccc2)C1. The molecule has 1 atom stereocenters. The standard InChI is InChI=1S/C22H25NO4/c1-17-9-8-14-23(15-17)20(24)16-27-21(25)22(26,18-10-4-2-5-11-18)19-12-6-3-7-13-19/h2-7,10-13,17,26H,8-9,14-16H2,1H3. The van der Waals surface area contributed by atoms with Crippen molar-refractivity contribution >= 4 is 11.9 Å². The fourth-order valence-electron chi connectivity index (χ4n) is 3.50. The van der Waals surface area contributed by atoms with Crippen LogP contribution >= 0.6 is 0 Å². The molecular weight excluding hydrogens is 342 g/mol. The van der Waals surface area contributed by atoms with E-state index in [0.717, 1.165) is 12.8 Å². The maximum atomic E-state index is 12.9. The van der Waals surface area contributed by atoms with Gasteiger partial charge in [-0.1, -0.05) is 67.6 Å². The summed E-state index contributed by atoms with van der Waals surface area (Å²) in [6, 6.07) is 17.3. The Bertz CT molecular complexity index is 736. The number of hydrogen-bond acceptors (Lipinski definition) is 4. The van der Waals surface area contributed by atoms with Crippen molar-refractivity contribution in [2.45, 2.75) is 25.4 Å². The Kier molecular flexibility index (Phi) is 5.91. The van der Waals surface area contributed by atoms with E-state index in [4.69, 9.17) is 4.74 Å². The summed E-state index contributed by atoms with van der Waals surface area (Å²) >= 11 is 0. The topological polar surface area (TPSA) is 66.8 Å². The van der Waals surface area contributed by atoms with E-state index in [9.17, 15) is 14.7 Å². The Morgan fingerprint density at radius 3 is 2.15 bits per heavy atom. The average Bonchev–Trinajstić information content (AvgIpc) is 2.72. The van der Waals surface area contributed by atoms with Crippen LogP contribution in [0.1, 0.15) is 30.9 Å². The Labute approximate surface area is 159 Å². The number of benzene rings is 2. The molecule has 1 aliphatic rings. The third-order valence-electron chi connectivity index (χ3n) is 5.01. The van der Waals surface area contributed by atoms with Gasteiger partial charge >= 0.3 is 5.97 Å². The van der Waals surface area contributed by atoms with Crippen LogP contribution in [0.3, 0.4) is 0 Å². The van der Waals surface area contributed by atoms with Crippen molar-refractivity contribution < 1.29 is 19.4 Å². The summed E-state index contributed by atoms with van der Waals surface area (Å²) in [5.41, 5.74) is -1.15. The average molecular weight is 367 g/mol.